The maximum absolute atomic E-state index is 15.5. The number of aromatic amines is 2. The van der Waals surface area contributed by atoms with Crippen molar-refractivity contribution in [1.82, 2.24) is 86.4 Å². The predicted molar refractivity (Wildman–Crippen MR) is 521 cm³/mol. The number of rotatable bonds is 43. The Balaban J connectivity index is 0.00000288. The van der Waals surface area contributed by atoms with E-state index in [4.69, 9.17) is 58.2 Å². The van der Waals surface area contributed by atoms with Gasteiger partial charge in [-0.15, -0.1) is 10.2 Å². The Labute approximate surface area is 863 Å². The molecule has 16 rings (SSSR count). The van der Waals surface area contributed by atoms with Crippen LogP contribution in [-0.2, 0) is 126 Å². The van der Waals surface area contributed by atoms with Crippen LogP contribution in [0.25, 0.3) is 22.1 Å². The number of amides is 4. The van der Waals surface area contributed by atoms with Crippen molar-refractivity contribution >= 4 is 121 Å². The molecule has 0 radical (unpaired) electrons. The number of hydrogen-bond donors (Lipinski definition) is 18. The second kappa shape index (κ2) is 49.4. The van der Waals surface area contributed by atoms with Crippen LogP contribution in [0.3, 0.4) is 0 Å². The zero-order valence-corrected chi connectivity index (χ0v) is 83.9. The summed E-state index contributed by atoms with van der Waals surface area (Å²) in [6.07, 6.45) is -8.27. The van der Waals surface area contributed by atoms with Gasteiger partial charge < -0.3 is 116 Å². The van der Waals surface area contributed by atoms with Gasteiger partial charge in [-0.25, -0.2) is 29.7 Å². The van der Waals surface area contributed by atoms with Crippen LogP contribution in [0.2, 0.25) is 0 Å². The number of aromatic nitrogens is 11. The van der Waals surface area contributed by atoms with Crippen molar-refractivity contribution in [2.75, 3.05) is 102 Å². The summed E-state index contributed by atoms with van der Waals surface area (Å²) >= 11 is 0. The molecular formula is C97H121N19O32S2. The Kier molecular flexibility index (Phi) is 37.1. The van der Waals surface area contributed by atoms with Gasteiger partial charge in [0.15, 0.2) is 40.7 Å². The summed E-state index contributed by atoms with van der Waals surface area (Å²) in [6, 6.07) is 15.9. The fourth-order valence-corrected chi connectivity index (χ4v) is 24.5. The second-order valence-corrected chi connectivity index (χ2v) is 41.2. The molecule has 5 unspecified atom stereocenters. The molecule has 5 aromatic heterocycles. The van der Waals surface area contributed by atoms with Gasteiger partial charge in [0.2, 0.25) is 24.6 Å². The lowest BCUT2D eigenvalue weighted by molar-refractivity contribution is -0.294. The number of aryl methyl sites for hydroxylation is 2. The van der Waals surface area contributed by atoms with Crippen LogP contribution >= 0.6 is 21.6 Å². The summed E-state index contributed by atoms with van der Waals surface area (Å²) in [7, 11) is 5.85. The summed E-state index contributed by atoms with van der Waals surface area (Å²) in [5, 5.41) is 144. The fourth-order valence-electron chi connectivity index (χ4n) is 22.7. The highest BCUT2D eigenvalue weighted by Crippen LogP contribution is 2.68. The van der Waals surface area contributed by atoms with E-state index in [1.54, 1.807) is 38.4 Å². The highest BCUT2D eigenvalue weighted by Gasteiger charge is 2.79. The van der Waals surface area contributed by atoms with E-state index in [1.165, 1.54) is 44.9 Å². The van der Waals surface area contributed by atoms with E-state index in [9.17, 15) is 94.5 Å². The molecule has 8 aliphatic rings. The van der Waals surface area contributed by atoms with Crippen LogP contribution in [0, 0.1) is 23.2 Å². The molecule has 4 amide bonds. The van der Waals surface area contributed by atoms with E-state index >= 15 is 9.59 Å². The summed E-state index contributed by atoms with van der Waals surface area (Å²) in [4.78, 5) is 200. The summed E-state index contributed by atoms with van der Waals surface area (Å²) < 4.78 is 35.8. The van der Waals surface area contributed by atoms with Crippen molar-refractivity contribution in [1.29, 1.82) is 0 Å². The Morgan fingerprint density at radius 2 is 1.51 bits per heavy atom. The molecule has 22 atom stereocenters. The molecule has 51 nitrogen and oxygen atoms in total. The standard InChI is InChI=1S/C95H121N19O28S2.2CO2/c1-5-91(134)40-51-41-93(47-137-48-115,78-58(22-27-111(43-51)46-91)57-12-7-8-13-62(57)101-78)61-38-60-64(39-67(61)136-4)110(3)86-94(60)24-28-112-26-11-23-92(6-2,85(94)112)87(131)95(86,135)88(132)106-107-90(133)139-31-33-144-143-32-25-97-80(125)53(34-55-44-113(108-104-55)29-30-138-84-76(124)74(122)75(123)77(142-84)83(129)130)35-66(117)63(36-56-45-114(109-105-56)141-49-140-68-37-59(82(127)128)71(119)73(121)72(68)120)100-69(118)15-10-9-14-65(116)52-19-16-50(17-20-52)18-21-54-42-98-79-70(99-54)81(126)103-89(96)102-79;2*2-1-3/h7-8,11-13,16-17,19-20,23,38-39,42,44-45,48,51,53,59,63,68,71-77,84-87,101,119-124,131,134-135H,5-6,9-10,14-15,18,21-22,24-37,40-41,43,46-47,49H2,1-4H3,(H,97,125)(H,100,118)(H,106,132)(H,107,133)(H,127,128)(H,129,130)(H3,96,98,102,103,126);;/t51-,53-,59?,63+,68-,71-,72?,73+,74+,75+,76?,77?,84-,85+,86-,87-,91+,92-,93+,94-,95+;;/m1../s1. The summed E-state index contributed by atoms with van der Waals surface area (Å²) in [6.45, 7) is 5.68. The molecule has 1 spiro atoms. The smallest absolute Gasteiger partial charge is 0.426 e. The molecule has 53 heteroatoms. The van der Waals surface area contributed by atoms with E-state index in [2.05, 4.69) is 89.0 Å². The zero-order chi connectivity index (χ0) is 108. The lowest BCUT2D eigenvalue weighted by Crippen LogP contribution is -2.82. The van der Waals surface area contributed by atoms with Crippen molar-refractivity contribution in [3.63, 3.8) is 0 Å². The number of H-pyrrole nitrogens is 2. The number of fused-ring (bicyclic) bond motifs is 7. The first-order chi connectivity index (χ1) is 71.9. The topological polar surface area (TPSA) is 742 Å². The number of likely N-dealkylation sites (N-methyl/N-ethyl adjacent to an activating group) is 1. The average Bonchev–Trinajstić information content (AvgIpc) is 1.47. The van der Waals surface area contributed by atoms with E-state index in [-0.39, 0.29) is 142 Å². The van der Waals surface area contributed by atoms with Crippen molar-refractivity contribution < 1.29 is 152 Å². The van der Waals surface area contributed by atoms with Crippen LogP contribution in [0.1, 0.15) is 140 Å². The number of nitrogens with zero attached hydrogens (tertiary/aromatic N) is 12. The number of nitrogens with one attached hydrogen (secondary N) is 6. The molecular weight excluding hydrogens is 2010 g/mol. The average molecular weight is 2130 g/mol. The number of carbonyl (C=O) groups excluding carboxylic acids is 11. The monoisotopic (exact) mass is 2130 g/mol. The van der Waals surface area contributed by atoms with Crippen LogP contribution in [-0.4, -0.2) is 369 Å². The number of carboxylic acids is 2. The molecule has 19 N–H and O–H groups in total. The number of aliphatic hydroxyl groups excluding tert-OH is 7. The number of methoxy groups -OCH3 is 1. The number of carbonyl (C=O) groups is 9. The van der Waals surface area contributed by atoms with Gasteiger partial charge in [-0.2, -0.15) is 24.2 Å². The first kappa shape index (κ1) is 113. The Morgan fingerprint density at radius 3 is 2.25 bits per heavy atom. The number of carboxylic acid groups (broad SMARTS) is 2. The first-order valence-electron chi connectivity index (χ1n) is 48.8. The predicted octanol–water partition coefficient (Wildman–Crippen LogP) is -2.23. The number of unbranched alkanes of at least 4 members (excludes halogenated alkanes) is 1. The minimum Gasteiger partial charge on any atom is -0.496 e. The molecule has 3 aromatic carbocycles. The van der Waals surface area contributed by atoms with Gasteiger partial charge in [0, 0.05) is 146 Å². The number of Topliss-reactive ketones (excluding diaryl/α,β-unsaturated/α-hetero) is 2. The molecule has 11 heterocycles. The lowest BCUT2D eigenvalue weighted by atomic mass is 9.47. The van der Waals surface area contributed by atoms with E-state index in [0.717, 1.165) is 38.1 Å². The number of nitrogens with two attached hydrogens (primary N) is 1. The van der Waals surface area contributed by atoms with Gasteiger partial charge in [-0.3, -0.25) is 58.6 Å². The maximum atomic E-state index is 15.5. The van der Waals surface area contributed by atoms with Gasteiger partial charge >= 0.3 is 30.3 Å². The highest BCUT2D eigenvalue weighted by molar-refractivity contribution is 8.76. The van der Waals surface area contributed by atoms with Crippen LogP contribution < -0.4 is 47.3 Å². The van der Waals surface area contributed by atoms with E-state index in [1.807, 2.05) is 55.2 Å². The fraction of sp³-hybridized carbons (Fsp3) is 0.557. The number of nitrogen functional groups attached to an aromatic ring is 1. The van der Waals surface area contributed by atoms with Crippen molar-refractivity contribution in [3.05, 3.63) is 152 Å². The molecule has 2 saturated carbocycles. The number of anilines is 2. The van der Waals surface area contributed by atoms with Gasteiger partial charge in [0.25, 0.3) is 17.9 Å². The quantitative estimate of drug-likeness (QED) is 0.00366. The third-order valence-electron chi connectivity index (χ3n) is 29.7. The number of hydrazine groups is 1. The number of piperidine rings is 1. The third-order valence-corrected chi connectivity index (χ3v) is 32.0. The minimum atomic E-state index is -2.67. The lowest BCUT2D eigenvalue weighted by Gasteiger charge is -2.63. The molecule has 150 heavy (non-hydrogen) atoms. The molecule has 2 aliphatic carbocycles. The molecule has 6 aliphatic heterocycles. The van der Waals surface area contributed by atoms with Crippen LogP contribution in [0.15, 0.2) is 96.2 Å². The SMILES string of the molecule is CC[C@]1(O)C[C@H]2CN(CCc3c([nH]c4ccccc34)[C@@](COC=O)(c3cc4c(cc3OC)N(C)[C@H]3[C@@](O)(C(=O)NNC(=O)OCCSSCCNC(=O)[C@@H](CC(=O)[C@H](Cc5cn(OCO[C@@H]6CC(C(=O)O)[C@@H](O)[C@H](O)C6O)nn5)NC(=O)CCCCC(=O)c5ccc(CCc6cnc7nc(N)[nH]c(=O)c7n6)cc5)Cc5cn(CCO[C@@H]6OC(C(=O)O)[C@@H](O)[C@H](O)C6O)nn5)[C@H](O)[C@]5(CC)C=CCN6CC[C@]43[C@@H]65)C2)C1.O=C=O.O=C=O. The largest absolute Gasteiger partial charge is 0.496 e. The Bertz CT molecular complexity index is 6330. The maximum Gasteiger partial charge on any atom is 0.426 e. The number of aliphatic carboxylic acids is 2. The van der Waals surface area contributed by atoms with E-state index in [0.29, 0.717) is 112 Å². The van der Waals surface area contributed by atoms with Gasteiger partial charge in [0.1, 0.15) is 55.6 Å². The molecule has 5 fully saturated rings. The van der Waals surface area contributed by atoms with Gasteiger partial charge in [0.05, 0.1) is 96.9 Å². The molecule has 808 valence electrons. The van der Waals surface area contributed by atoms with Crippen molar-refractivity contribution in [2.45, 2.75) is 225 Å². The summed E-state index contributed by atoms with van der Waals surface area (Å²) in [5.41, 5.74) is 9.70. The number of benzene rings is 3. The Morgan fingerprint density at radius 1 is 0.780 bits per heavy atom. The zero-order valence-electron chi connectivity index (χ0n) is 82.2. The summed E-state index contributed by atoms with van der Waals surface area (Å²) in [5.74, 6) is -8.54. The number of para-hydroxylation sites is 1. The number of hydrogen-bond acceptors (Lipinski definition) is 43. The van der Waals surface area contributed by atoms with Crippen LogP contribution in [0.4, 0.5) is 16.4 Å². The van der Waals surface area contributed by atoms with Gasteiger partial charge in [-0.05, 0) is 117 Å². The molecule has 3 saturated heterocycles. The molecule has 2 bridgehead atoms. The number of ether oxygens (including phenoxy) is 6. The van der Waals surface area contributed by atoms with Gasteiger partial charge in [-0.1, -0.05) is 100 Å². The molecule has 8 aromatic rings. The van der Waals surface area contributed by atoms with Crippen molar-refractivity contribution in [2.24, 2.45) is 23.2 Å². The van der Waals surface area contributed by atoms with Crippen LogP contribution in [0.5, 0.6) is 5.75 Å². The third kappa shape index (κ3) is 24.1. The highest BCUT2D eigenvalue weighted by atomic mass is 33.1. The van der Waals surface area contributed by atoms with E-state index < -0.39 is 185 Å². The number of aliphatic hydroxyl groups is 9. The number of ketones is 2. The van der Waals surface area contributed by atoms with Crippen molar-refractivity contribution in [3.8, 4) is 5.75 Å². The second-order valence-electron chi connectivity index (χ2n) is 38.5. The minimum absolute atomic E-state index is 0.0122. The Hall–Kier alpha value is -13.0. The normalized spacial score (nSPS) is 27.8. The first-order valence-corrected chi connectivity index (χ1v) is 51.3.